The van der Waals surface area contributed by atoms with Gasteiger partial charge in [-0.25, -0.2) is 4.98 Å². The van der Waals surface area contributed by atoms with Crippen LogP contribution in [0, 0.1) is 0 Å². The Labute approximate surface area is 205 Å². The fourth-order valence-corrected chi connectivity index (χ4v) is 4.85. The van der Waals surface area contributed by atoms with E-state index in [2.05, 4.69) is 49.4 Å². The number of aliphatic hydroxyl groups is 1. The second-order valence-corrected chi connectivity index (χ2v) is 9.47. The first-order chi connectivity index (χ1) is 17.2. The molecule has 1 aliphatic heterocycles. The van der Waals surface area contributed by atoms with E-state index >= 15 is 0 Å². The molecule has 1 saturated heterocycles. The van der Waals surface area contributed by atoms with Crippen LogP contribution < -0.4 is 16.4 Å². The predicted molar refractivity (Wildman–Crippen MR) is 137 cm³/mol. The van der Waals surface area contributed by atoms with E-state index < -0.39 is 0 Å². The largest absolute Gasteiger partial charge is 0.393 e. The van der Waals surface area contributed by atoms with Crippen LogP contribution in [0.15, 0.2) is 30.6 Å². The van der Waals surface area contributed by atoms with Crippen LogP contribution >= 0.6 is 0 Å². The summed E-state index contributed by atoms with van der Waals surface area (Å²) < 4.78 is 7.54. The Morgan fingerprint density at radius 1 is 1.09 bits per heavy atom. The first-order valence-electron chi connectivity index (χ1n) is 12.7. The molecule has 2 atom stereocenters. The lowest BCUT2D eigenvalue weighted by molar-refractivity contribution is 0.0342. The highest BCUT2D eigenvalue weighted by Gasteiger charge is 2.27. The SMILES string of the molecule is NCCCCNc1nc(Nc2ccc(CN3CCOCC3)cc2)c2ncn(C3CCC(O)C3)c2n1. The zero-order valence-corrected chi connectivity index (χ0v) is 20.2. The molecule has 1 aromatic carbocycles. The van der Waals surface area contributed by atoms with Crippen LogP contribution in [0.1, 0.15) is 43.7 Å². The Hall–Kier alpha value is -2.79. The maximum Gasteiger partial charge on any atom is 0.226 e. The molecule has 10 nitrogen and oxygen atoms in total. The summed E-state index contributed by atoms with van der Waals surface area (Å²) in [6.07, 6.45) is 5.93. The average molecular weight is 481 g/mol. The molecule has 0 amide bonds. The van der Waals surface area contributed by atoms with Gasteiger partial charge >= 0.3 is 0 Å². The van der Waals surface area contributed by atoms with Crippen molar-refractivity contribution >= 4 is 28.6 Å². The van der Waals surface area contributed by atoms with Gasteiger partial charge in [0, 0.05) is 37.9 Å². The Morgan fingerprint density at radius 2 is 1.91 bits per heavy atom. The average Bonchev–Trinajstić information content (AvgIpc) is 3.50. The van der Waals surface area contributed by atoms with Crippen molar-refractivity contribution in [3.8, 4) is 0 Å². The number of unbranched alkanes of at least 4 members (excludes halogenated alkanes) is 1. The summed E-state index contributed by atoms with van der Waals surface area (Å²) in [6, 6.07) is 8.67. The summed E-state index contributed by atoms with van der Waals surface area (Å²) >= 11 is 0. The molecule has 10 heteroatoms. The zero-order valence-electron chi connectivity index (χ0n) is 20.2. The van der Waals surface area contributed by atoms with Crippen LogP contribution in [0.3, 0.4) is 0 Å². The number of nitrogens with one attached hydrogen (secondary N) is 2. The third-order valence-electron chi connectivity index (χ3n) is 6.83. The smallest absolute Gasteiger partial charge is 0.226 e. The highest BCUT2D eigenvalue weighted by Crippen LogP contribution is 2.34. The molecule has 1 saturated carbocycles. The molecular formula is C25H36N8O2. The topological polar surface area (TPSA) is 126 Å². The Bertz CT molecular complexity index is 1100. The van der Waals surface area contributed by atoms with E-state index in [1.54, 1.807) is 0 Å². The minimum Gasteiger partial charge on any atom is -0.393 e. The van der Waals surface area contributed by atoms with Gasteiger partial charge in [-0.1, -0.05) is 12.1 Å². The fraction of sp³-hybridized carbons (Fsp3) is 0.560. The van der Waals surface area contributed by atoms with Crippen LogP contribution in [-0.2, 0) is 11.3 Å². The molecule has 0 spiro atoms. The van der Waals surface area contributed by atoms with Crippen molar-refractivity contribution in [2.45, 2.75) is 50.8 Å². The van der Waals surface area contributed by atoms with Crippen molar-refractivity contribution in [2.75, 3.05) is 50.0 Å². The molecule has 0 radical (unpaired) electrons. The molecular weight excluding hydrogens is 444 g/mol. The number of hydrogen-bond acceptors (Lipinski definition) is 9. The number of fused-ring (bicyclic) bond motifs is 1. The minimum atomic E-state index is -0.262. The van der Waals surface area contributed by atoms with Crippen molar-refractivity contribution in [1.82, 2.24) is 24.4 Å². The molecule has 1 aliphatic carbocycles. The van der Waals surface area contributed by atoms with Crippen molar-refractivity contribution < 1.29 is 9.84 Å². The second-order valence-electron chi connectivity index (χ2n) is 9.47. The molecule has 5 N–H and O–H groups in total. The lowest BCUT2D eigenvalue weighted by Crippen LogP contribution is -2.35. The number of nitrogens with two attached hydrogens (primary N) is 1. The maximum absolute atomic E-state index is 10.1. The molecule has 2 unspecified atom stereocenters. The number of morpholine rings is 1. The van der Waals surface area contributed by atoms with Crippen molar-refractivity contribution in [1.29, 1.82) is 0 Å². The summed E-state index contributed by atoms with van der Waals surface area (Å²) in [5.74, 6) is 1.25. The molecule has 0 bridgehead atoms. The highest BCUT2D eigenvalue weighted by atomic mass is 16.5. The number of hydrogen-bond donors (Lipinski definition) is 4. The number of nitrogens with zero attached hydrogens (tertiary/aromatic N) is 5. The van der Waals surface area contributed by atoms with E-state index in [1.807, 2.05) is 6.33 Å². The van der Waals surface area contributed by atoms with Gasteiger partial charge in [-0.05, 0) is 56.3 Å². The zero-order chi connectivity index (χ0) is 24.0. The summed E-state index contributed by atoms with van der Waals surface area (Å²) in [6.45, 7) is 5.91. The molecule has 3 heterocycles. The van der Waals surface area contributed by atoms with Gasteiger partial charge in [0.15, 0.2) is 17.0 Å². The number of aliphatic hydroxyl groups excluding tert-OH is 1. The van der Waals surface area contributed by atoms with Gasteiger partial charge in [0.1, 0.15) is 0 Å². The van der Waals surface area contributed by atoms with Gasteiger partial charge < -0.3 is 30.8 Å². The van der Waals surface area contributed by atoms with Gasteiger partial charge in [0.2, 0.25) is 5.95 Å². The number of aromatic nitrogens is 4. The van der Waals surface area contributed by atoms with Crippen LogP contribution in [0.25, 0.3) is 11.2 Å². The van der Waals surface area contributed by atoms with E-state index in [4.69, 9.17) is 20.4 Å². The van der Waals surface area contributed by atoms with Gasteiger partial charge in [-0.15, -0.1) is 0 Å². The van der Waals surface area contributed by atoms with Gasteiger partial charge in [0.05, 0.1) is 25.6 Å². The Morgan fingerprint density at radius 3 is 2.66 bits per heavy atom. The summed E-state index contributed by atoms with van der Waals surface area (Å²) in [5, 5.41) is 16.9. The monoisotopic (exact) mass is 480 g/mol. The number of benzene rings is 1. The van der Waals surface area contributed by atoms with Crippen LogP contribution in [0.5, 0.6) is 0 Å². The molecule has 35 heavy (non-hydrogen) atoms. The van der Waals surface area contributed by atoms with Crippen molar-refractivity contribution in [3.63, 3.8) is 0 Å². The first-order valence-corrected chi connectivity index (χ1v) is 12.7. The third-order valence-corrected chi connectivity index (χ3v) is 6.83. The van der Waals surface area contributed by atoms with Gasteiger partial charge in [-0.2, -0.15) is 9.97 Å². The molecule has 2 aromatic heterocycles. The van der Waals surface area contributed by atoms with Crippen LogP contribution in [0.2, 0.25) is 0 Å². The number of anilines is 3. The molecule has 5 rings (SSSR count). The first kappa shape index (κ1) is 23.9. The quantitative estimate of drug-likeness (QED) is 0.324. The molecule has 3 aromatic rings. The number of imidazole rings is 1. The number of ether oxygens (including phenoxy) is 1. The minimum absolute atomic E-state index is 0.197. The summed E-state index contributed by atoms with van der Waals surface area (Å²) in [7, 11) is 0. The van der Waals surface area contributed by atoms with Crippen LogP contribution in [0.4, 0.5) is 17.5 Å². The Balaban J connectivity index is 1.36. The van der Waals surface area contributed by atoms with E-state index in [0.29, 0.717) is 18.3 Å². The van der Waals surface area contributed by atoms with E-state index in [1.165, 1.54) is 5.56 Å². The highest BCUT2D eigenvalue weighted by molar-refractivity contribution is 5.86. The van der Waals surface area contributed by atoms with Gasteiger partial charge in [-0.3, -0.25) is 4.90 Å². The summed E-state index contributed by atoms with van der Waals surface area (Å²) in [4.78, 5) is 16.6. The number of rotatable bonds is 10. The second kappa shape index (κ2) is 11.3. The van der Waals surface area contributed by atoms with E-state index in [9.17, 15) is 5.11 Å². The standard InChI is InChI=1S/C25H36N8O2/c26-9-1-2-10-27-25-30-23(22-24(31-25)33(17-28-22)20-7-8-21(34)15-20)29-19-5-3-18(4-6-19)16-32-11-13-35-14-12-32/h3-6,17,20-21,34H,1-2,7-16,26H2,(H2,27,29,30,31). The van der Waals surface area contributed by atoms with Gasteiger partial charge in [0.25, 0.3) is 0 Å². The normalized spacial score (nSPS) is 21.0. The maximum atomic E-state index is 10.1. The lowest BCUT2D eigenvalue weighted by atomic mass is 10.2. The van der Waals surface area contributed by atoms with Crippen molar-refractivity contribution in [2.24, 2.45) is 5.73 Å². The molecule has 2 fully saturated rings. The Kier molecular flexibility index (Phi) is 7.72. The molecule has 188 valence electrons. The predicted octanol–water partition coefficient (Wildman–Crippen LogP) is 2.64. The summed E-state index contributed by atoms with van der Waals surface area (Å²) in [5.41, 5.74) is 9.38. The molecule has 2 aliphatic rings. The van der Waals surface area contributed by atoms with Crippen LogP contribution in [-0.4, -0.2) is 75.0 Å². The van der Waals surface area contributed by atoms with E-state index in [-0.39, 0.29) is 12.1 Å². The van der Waals surface area contributed by atoms with Crippen molar-refractivity contribution in [3.05, 3.63) is 36.2 Å². The van der Waals surface area contributed by atoms with E-state index in [0.717, 1.165) is 88.3 Å². The fourth-order valence-electron chi connectivity index (χ4n) is 4.85. The lowest BCUT2D eigenvalue weighted by Gasteiger charge is -2.26. The third kappa shape index (κ3) is 5.90.